The van der Waals surface area contributed by atoms with Gasteiger partial charge in [0.05, 0.1) is 10.2 Å². The Kier molecular flexibility index (Phi) is 2.88. The summed E-state index contributed by atoms with van der Waals surface area (Å²) >= 11 is 0. The fourth-order valence-corrected chi connectivity index (χ4v) is 2.64. The van der Waals surface area contributed by atoms with Crippen LogP contribution in [-0.4, -0.2) is 31.9 Å². The lowest BCUT2D eigenvalue weighted by Crippen LogP contribution is -2.11. The summed E-state index contributed by atoms with van der Waals surface area (Å²) in [7, 11) is 5.33. The molecule has 0 bridgehead atoms. The van der Waals surface area contributed by atoms with Crippen molar-refractivity contribution in [3.8, 4) is 11.4 Å². The Morgan fingerprint density at radius 1 is 1.37 bits per heavy atom. The van der Waals surface area contributed by atoms with Crippen molar-refractivity contribution in [2.75, 3.05) is 7.05 Å². The molecule has 0 saturated heterocycles. The Morgan fingerprint density at radius 2 is 2.11 bits per heavy atom. The van der Waals surface area contributed by atoms with Gasteiger partial charge >= 0.3 is 0 Å². The molecule has 3 aromatic rings. The molecule has 0 fully saturated rings. The molecule has 5 nitrogen and oxygen atoms in total. The van der Waals surface area contributed by atoms with Crippen LogP contribution in [0.25, 0.3) is 22.4 Å². The van der Waals surface area contributed by atoms with Crippen molar-refractivity contribution in [2.45, 2.75) is 6.54 Å². The van der Waals surface area contributed by atoms with E-state index in [1.54, 1.807) is 7.05 Å². The van der Waals surface area contributed by atoms with E-state index in [0.29, 0.717) is 6.54 Å². The maximum absolute atomic E-state index is 5.80. The smallest absolute Gasteiger partial charge is 0.156 e. The zero-order chi connectivity index (χ0) is 13.4. The fourth-order valence-electron chi connectivity index (χ4n) is 2.21. The highest BCUT2D eigenvalue weighted by Gasteiger charge is 2.13. The number of fused-ring (bicyclic) bond motifs is 1. The quantitative estimate of drug-likeness (QED) is 0.700. The summed E-state index contributed by atoms with van der Waals surface area (Å²) in [5, 5.41) is 8.33. The van der Waals surface area contributed by atoms with E-state index >= 15 is 0 Å². The first-order valence-corrected chi connectivity index (χ1v) is 6.46. The summed E-state index contributed by atoms with van der Waals surface area (Å²) in [4.78, 5) is 4.62. The van der Waals surface area contributed by atoms with E-state index in [2.05, 4.69) is 25.6 Å². The second-order valence-electron chi connectivity index (χ2n) is 4.20. The van der Waals surface area contributed by atoms with E-state index in [-0.39, 0.29) is 0 Å². The van der Waals surface area contributed by atoms with Gasteiger partial charge in [0.2, 0.25) is 0 Å². The number of rotatable bonds is 3. The van der Waals surface area contributed by atoms with E-state index in [0.717, 1.165) is 33.6 Å². The molecule has 0 aliphatic heterocycles. The number of aromatic amines is 1. The normalized spacial score (nSPS) is 11.1. The van der Waals surface area contributed by atoms with Gasteiger partial charge < -0.3 is 11.1 Å². The number of aromatic nitrogens is 3. The molecule has 0 aliphatic rings. The minimum Gasteiger partial charge on any atom is -0.685 e. The van der Waals surface area contributed by atoms with Gasteiger partial charge in [-0.2, -0.15) is 0 Å². The van der Waals surface area contributed by atoms with E-state index in [9.17, 15) is 0 Å². The summed E-state index contributed by atoms with van der Waals surface area (Å²) < 4.78 is 1.86. The SMILES string of the molecule is C[N-]c1c(CN)c2nc(-c3ccccc3)[nH]n2c1[Si]. The summed E-state index contributed by atoms with van der Waals surface area (Å²) in [6, 6.07) is 9.97. The number of hydrogen-bond acceptors (Lipinski definition) is 2. The van der Waals surface area contributed by atoms with Gasteiger partial charge in [0.15, 0.2) is 11.5 Å². The molecule has 3 radical (unpaired) electrons. The second kappa shape index (κ2) is 4.56. The number of H-pyrrole nitrogens is 1. The second-order valence-corrected chi connectivity index (χ2v) is 4.67. The van der Waals surface area contributed by atoms with Gasteiger partial charge in [-0.3, -0.25) is 5.10 Å². The first-order chi connectivity index (χ1) is 9.26. The van der Waals surface area contributed by atoms with Crippen LogP contribution in [0.4, 0.5) is 5.69 Å². The lowest BCUT2D eigenvalue weighted by atomic mass is 10.2. The van der Waals surface area contributed by atoms with E-state index in [4.69, 9.17) is 5.73 Å². The molecular weight excluding hydrogens is 254 g/mol. The van der Waals surface area contributed by atoms with Crippen molar-refractivity contribution in [1.29, 1.82) is 0 Å². The molecule has 0 spiro atoms. The van der Waals surface area contributed by atoms with Gasteiger partial charge in [-0.15, -0.1) is 12.7 Å². The average Bonchev–Trinajstić information content (AvgIpc) is 2.98. The number of nitrogens with two attached hydrogens (primary N) is 1. The molecule has 0 amide bonds. The average molecular weight is 267 g/mol. The summed E-state index contributed by atoms with van der Waals surface area (Å²) in [6.07, 6.45) is 0. The number of benzene rings is 1. The molecule has 0 aliphatic carbocycles. The third kappa shape index (κ3) is 1.76. The van der Waals surface area contributed by atoms with Gasteiger partial charge in [-0.25, -0.2) is 9.50 Å². The predicted molar refractivity (Wildman–Crippen MR) is 77.2 cm³/mol. The van der Waals surface area contributed by atoms with Gasteiger partial charge in [0.25, 0.3) is 0 Å². The van der Waals surface area contributed by atoms with Crippen LogP contribution >= 0.6 is 0 Å². The predicted octanol–water partition coefficient (Wildman–Crippen LogP) is 1.22. The largest absolute Gasteiger partial charge is 0.685 e. The van der Waals surface area contributed by atoms with Crippen LogP contribution in [0.5, 0.6) is 0 Å². The highest BCUT2D eigenvalue weighted by molar-refractivity contribution is 6.35. The van der Waals surface area contributed by atoms with E-state index in [1.807, 2.05) is 34.8 Å². The first-order valence-electron chi connectivity index (χ1n) is 5.96. The molecule has 2 heterocycles. The lowest BCUT2D eigenvalue weighted by molar-refractivity contribution is 1.00. The Labute approximate surface area is 114 Å². The Balaban J connectivity index is 2.23. The van der Waals surface area contributed by atoms with Crippen LogP contribution < -0.4 is 11.1 Å². The molecule has 6 heteroatoms. The van der Waals surface area contributed by atoms with Crippen LogP contribution in [0.1, 0.15) is 5.56 Å². The van der Waals surface area contributed by atoms with Crippen LogP contribution in [0.2, 0.25) is 0 Å². The summed E-state index contributed by atoms with van der Waals surface area (Å²) in [5.41, 5.74) is 9.43. The van der Waals surface area contributed by atoms with Crippen molar-refractivity contribution in [3.05, 3.63) is 41.2 Å². The molecule has 0 unspecified atom stereocenters. The molecule has 2 aromatic heterocycles. The first kappa shape index (κ1) is 12.0. The molecule has 0 atom stereocenters. The molecule has 95 valence electrons. The number of nitrogens with zero attached hydrogens (tertiary/aromatic N) is 3. The van der Waals surface area contributed by atoms with Gasteiger partial charge in [0.1, 0.15) is 0 Å². The number of hydrogen-bond donors (Lipinski definition) is 2. The minimum atomic E-state index is 0.403. The van der Waals surface area contributed by atoms with Crippen molar-refractivity contribution < 1.29 is 0 Å². The van der Waals surface area contributed by atoms with Crippen molar-refractivity contribution >= 4 is 26.9 Å². The van der Waals surface area contributed by atoms with Crippen molar-refractivity contribution in [3.63, 3.8) is 0 Å². The van der Waals surface area contributed by atoms with Gasteiger partial charge in [-0.05, 0) is 5.56 Å². The number of nitrogens with one attached hydrogen (secondary N) is 1. The lowest BCUT2D eigenvalue weighted by Gasteiger charge is -2.15. The maximum atomic E-state index is 5.80. The van der Waals surface area contributed by atoms with Gasteiger partial charge in [0, 0.05) is 17.4 Å². The van der Waals surface area contributed by atoms with Gasteiger partial charge in [-0.1, -0.05) is 30.3 Å². The van der Waals surface area contributed by atoms with Crippen LogP contribution in [0.15, 0.2) is 30.3 Å². The molecule has 19 heavy (non-hydrogen) atoms. The third-order valence-electron chi connectivity index (χ3n) is 3.13. The topological polar surface area (TPSA) is 73.2 Å². The molecule has 1 aromatic carbocycles. The van der Waals surface area contributed by atoms with Crippen LogP contribution in [-0.2, 0) is 6.54 Å². The minimum absolute atomic E-state index is 0.403. The maximum Gasteiger partial charge on any atom is 0.156 e. The van der Waals surface area contributed by atoms with E-state index in [1.165, 1.54) is 0 Å². The standard InChI is InChI=1S/C13H13N5Si/c1-15-10-9(7-14)12-16-11(17-18(12)13(10)19)8-5-3-2-4-6-8/h2-6H,7,14H2,1H3,(H,16,17)/q-1. The molecule has 0 saturated carbocycles. The molecule has 3 rings (SSSR count). The molecule has 3 N–H and O–H groups in total. The fraction of sp³-hybridized carbons (Fsp3) is 0.154. The van der Waals surface area contributed by atoms with E-state index < -0.39 is 0 Å². The van der Waals surface area contributed by atoms with Crippen molar-refractivity contribution in [1.82, 2.24) is 14.6 Å². The Morgan fingerprint density at radius 3 is 2.74 bits per heavy atom. The summed E-state index contributed by atoms with van der Waals surface area (Å²) in [6.45, 7) is 0.403. The zero-order valence-electron chi connectivity index (χ0n) is 10.5. The third-order valence-corrected chi connectivity index (χ3v) is 3.59. The monoisotopic (exact) mass is 267 g/mol. The Hall–Kier alpha value is -2.05. The Bertz CT molecular complexity index is 714. The highest BCUT2D eigenvalue weighted by atomic mass is 28.1. The highest BCUT2D eigenvalue weighted by Crippen LogP contribution is 2.26. The van der Waals surface area contributed by atoms with Crippen LogP contribution in [0.3, 0.4) is 0 Å². The van der Waals surface area contributed by atoms with Crippen molar-refractivity contribution in [2.24, 2.45) is 5.73 Å². The van der Waals surface area contributed by atoms with Crippen LogP contribution in [0, 0.1) is 0 Å². The molecular formula is C13H13N5Si-. The zero-order valence-corrected chi connectivity index (χ0v) is 11.5. The summed E-state index contributed by atoms with van der Waals surface area (Å²) in [5.74, 6) is 0.812.